The molecule has 1 aromatic carbocycles. The van der Waals surface area contributed by atoms with Gasteiger partial charge in [-0.3, -0.25) is 0 Å². The third-order valence-corrected chi connectivity index (χ3v) is 3.83. The van der Waals surface area contributed by atoms with E-state index in [1.165, 1.54) is 18.4 Å². The summed E-state index contributed by atoms with van der Waals surface area (Å²) in [6.07, 6.45) is 3.85. The van der Waals surface area contributed by atoms with Gasteiger partial charge in [-0.05, 0) is 30.0 Å². The second-order valence-electron chi connectivity index (χ2n) is 3.95. The first kappa shape index (κ1) is 10.7. The highest BCUT2D eigenvalue weighted by atomic mass is 79.9. The minimum atomic E-state index is 0.185. The molecule has 0 spiro atoms. The van der Waals surface area contributed by atoms with Crippen LogP contribution in [-0.2, 0) is 0 Å². The molecule has 1 unspecified atom stereocenters. The van der Waals surface area contributed by atoms with E-state index >= 15 is 0 Å². The summed E-state index contributed by atoms with van der Waals surface area (Å²) in [5.41, 5.74) is 7.36. The van der Waals surface area contributed by atoms with Crippen molar-refractivity contribution < 1.29 is 0 Å². The van der Waals surface area contributed by atoms with Crippen LogP contribution in [0, 0.1) is 5.92 Å². The first-order valence-electron chi connectivity index (χ1n) is 4.87. The zero-order valence-corrected chi connectivity index (χ0v) is 11.0. The molecule has 3 heteroatoms. The van der Waals surface area contributed by atoms with Crippen molar-refractivity contribution in [1.82, 2.24) is 0 Å². The standard InChI is InChI=1S/C11H13Br2N/c12-8-3-4-9(10(13)6-8)11(14)5-7-1-2-7/h3-4,6-7,11H,1-2,5,14H2. The summed E-state index contributed by atoms with van der Waals surface area (Å²) < 4.78 is 2.20. The molecule has 1 atom stereocenters. The Morgan fingerprint density at radius 2 is 2.07 bits per heavy atom. The van der Waals surface area contributed by atoms with Gasteiger partial charge in [0.05, 0.1) is 0 Å². The quantitative estimate of drug-likeness (QED) is 0.895. The van der Waals surface area contributed by atoms with Gasteiger partial charge in [0.1, 0.15) is 0 Å². The predicted octanol–water partition coefficient (Wildman–Crippen LogP) is 4.01. The molecule has 0 bridgehead atoms. The van der Waals surface area contributed by atoms with Gasteiger partial charge in [0.15, 0.2) is 0 Å². The third-order valence-electron chi connectivity index (χ3n) is 2.65. The second-order valence-corrected chi connectivity index (χ2v) is 5.72. The van der Waals surface area contributed by atoms with Crippen LogP contribution in [0.15, 0.2) is 27.1 Å². The molecule has 0 saturated heterocycles. The van der Waals surface area contributed by atoms with E-state index in [1.807, 2.05) is 6.07 Å². The summed E-state index contributed by atoms with van der Waals surface area (Å²) >= 11 is 6.99. The van der Waals surface area contributed by atoms with Crippen LogP contribution >= 0.6 is 31.9 Å². The normalized spacial score (nSPS) is 18.2. The molecule has 0 aliphatic heterocycles. The fraction of sp³-hybridized carbons (Fsp3) is 0.455. The molecule has 76 valence electrons. The van der Waals surface area contributed by atoms with E-state index in [-0.39, 0.29) is 6.04 Å². The maximum Gasteiger partial charge on any atom is 0.0308 e. The van der Waals surface area contributed by atoms with Crippen molar-refractivity contribution in [2.75, 3.05) is 0 Å². The lowest BCUT2D eigenvalue weighted by molar-refractivity contribution is 0.595. The van der Waals surface area contributed by atoms with Gasteiger partial charge in [0, 0.05) is 15.0 Å². The van der Waals surface area contributed by atoms with E-state index in [2.05, 4.69) is 44.0 Å². The molecule has 1 saturated carbocycles. The number of benzene rings is 1. The van der Waals surface area contributed by atoms with Crippen LogP contribution in [0.2, 0.25) is 0 Å². The van der Waals surface area contributed by atoms with E-state index in [0.29, 0.717) is 0 Å². The minimum Gasteiger partial charge on any atom is -0.324 e. The van der Waals surface area contributed by atoms with Crippen LogP contribution < -0.4 is 5.73 Å². The van der Waals surface area contributed by atoms with E-state index in [9.17, 15) is 0 Å². The lowest BCUT2D eigenvalue weighted by Gasteiger charge is -2.13. The zero-order valence-electron chi connectivity index (χ0n) is 7.84. The Bertz CT molecular complexity index is 334. The Kier molecular flexibility index (Phi) is 3.30. The predicted molar refractivity (Wildman–Crippen MR) is 66.1 cm³/mol. The Hall–Kier alpha value is 0.140. The van der Waals surface area contributed by atoms with Crippen LogP contribution in [0.4, 0.5) is 0 Å². The van der Waals surface area contributed by atoms with E-state index in [0.717, 1.165) is 21.3 Å². The highest BCUT2D eigenvalue weighted by Crippen LogP contribution is 2.38. The molecule has 1 fully saturated rings. The molecular formula is C11H13Br2N. The van der Waals surface area contributed by atoms with Crippen molar-refractivity contribution in [2.24, 2.45) is 11.7 Å². The van der Waals surface area contributed by atoms with Crippen molar-refractivity contribution in [3.8, 4) is 0 Å². The SMILES string of the molecule is NC(CC1CC1)c1ccc(Br)cc1Br. The average Bonchev–Trinajstić information content (AvgIpc) is 2.87. The van der Waals surface area contributed by atoms with Crippen molar-refractivity contribution in [2.45, 2.75) is 25.3 Å². The largest absolute Gasteiger partial charge is 0.324 e. The van der Waals surface area contributed by atoms with Crippen molar-refractivity contribution in [3.63, 3.8) is 0 Å². The highest BCUT2D eigenvalue weighted by Gasteiger charge is 2.25. The van der Waals surface area contributed by atoms with Crippen LogP contribution in [0.5, 0.6) is 0 Å². The van der Waals surface area contributed by atoms with Gasteiger partial charge in [-0.1, -0.05) is 50.8 Å². The topological polar surface area (TPSA) is 26.0 Å². The fourth-order valence-electron chi connectivity index (χ4n) is 1.64. The van der Waals surface area contributed by atoms with Gasteiger partial charge < -0.3 is 5.73 Å². The number of hydrogen-bond donors (Lipinski definition) is 1. The monoisotopic (exact) mass is 317 g/mol. The van der Waals surface area contributed by atoms with Gasteiger partial charge in [-0.2, -0.15) is 0 Å². The molecule has 2 N–H and O–H groups in total. The smallest absolute Gasteiger partial charge is 0.0308 e. The maximum absolute atomic E-state index is 6.14. The van der Waals surface area contributed by atoms with E-state index in [1.54, 1.807) is 0 Å². The van der Waals surface area contributed by atoms with Crippen molar-refractivity contribution in [1.29, 1.82) is 0 Å². The van der Waals surface area contributed by atoms with E-state index in [4.69, 9.17) is 5.73 Å². The maximum atomic E-state index is 6.14. The first-order valence-corrected chi connectivity index (χ1v) is 6.46. The summed E-state index contributed by atoms with van der Waals surface area (Å²) in [5, 5.41) is 0. The van der Waals surface area contributed by atoms with Gasteiger partial charge >= 0.3 is 0 Å². The lowest BCUT2D eigenvalue weighted by Crippen LogP contribution is -2.11. The molecule has 1 aliphatic rings. The molecule has 2 rings (SSSR count). The number of hydrogen-bond acceptors (Lipinski definition) is 1. The highest BCUT2D eigenvalue weighted by molar-refractivity contribution is 9.11. The Balaban J connectivity index is 2.13. The second kappa shape index (κ2) is 4.33. The van der Waals surface area contributed by atoms with E-state index < -0.39 is 0 Å². The van der Waals surface area contributed by atoms with Gasteiger partial charge in [-0.25, -0.2) is 0 Å². The van der Waals surface area contributed by atoms with Gasteiger partial charge in [-0.15, -0.1) is 0 Å². The van der Waals surface area contributed by atoms with Gasteiger partial charge in [0.2, 0.25) is 0 Å². The summed E-state index contributed by atoms with van der Waals surface area (Å²) in [6.45, 7) is 0. The molecule has 0 aromatic heterocycles. The molecular weight excluding hydrogens is 306 g/mol. The minimum absolute atomic E-state index is 0.185. The molecule has 0 radical (unpaired) electrons. The number of rotatable bonds is 3. The number of halogens is 2. The molecule has 1 aliphatic carbocycles. The van der Waals surface area contributed by atoms with Crippen LogP contribution in [0.1, 0.15) is 30.9 Å². The third kappa shape index (κ3) is 2.59. The summed E-state index contributed by atoms with van der Waals surface area (Å²) in [6, 6.07) is 6.39. The fourth-order valence-corrected chi connectivity index (χ4v) is 2.98. The molecule has 1 nitrogen and oxygen atoms in total. The lowest BCUT2D eigenvalue weighted by atomic mass is 10.0. The van der Waals surface area contributed by atoms with Crippen LogP contribution in [0.3, 0.4) is 0 Å². The number of nitrogens with two attached hydrogens (primary N) is 1. The molecule has 1 aromatic rings. The van der Waals surface area contributed by atoms with Crippen molar-refractivity contribution in [3.05, 3.63) is 32.7 Å². The molecule has 0 amide bonds. The average molecular weight is 319 g/mol. The Labute approximate surface area is 101 Å². The van der Waals surface area contributed by atoms with Gasteiger partial charge in [0.25, 0.3) is 0 Å². The van der Waals surface area contributed by atoms with Crippen molar-refractivity contribution >= 4 is 31.9 Å². The zero-order chi connectivity index (χ0) is 10.1. The Morgan fingerprint density at radius 3 is 2.64 bits per heavy atom. The summed E-state index contributed by atoms with van der Waals surface area (Å²) in [7, 11) is 0. The Morgan fingerprint density at radius 1 is 1.36 bits per heavy atom. The molecule has 14 heavy (non-hydrogen) atoms. The van der Waals surface area contributed by atoms with Crippen LogP contribution in [-0.4, -0.2) is 0 Å². The summed E-state index contributed by atoms with van der Waals surface area (Å²) in [4.78, 5) is 0. The van der Waals surface area contributed by atoms with Crippen LogP contribution in [0.25, 0.3) is 0 Å². The molecule has 0 heterocycles. The first-order chi connectivity index (χ1) is 6.66. The summed E-state index contributed by atoms with van der Waals surface area (Å²) in [5.74, 6) is 0.876.